The van der Waals surface area contributed by atoms with Gasteiger partial charge < -0.3 is 4.42 Å². The molecule has 9 aromatic rings. The van der Waals surface area contributed by atoms with Gasteiger partial charge in [-0.05, 0) is 64.5 Å². The highest BCUT2D eigenvalue weighted by molar-refractivity contribution is 6.19. The Kier molecular flexibility index (Phi) is 5.25. The SMILES string of the molecule is c1ccc(-c2ccc3c(c2)-c2nccc4c2c(nc2ccccc24)N3c2ccc(-c3cccc4c3oc3ccccc34)cc2)cc1. The van der Waals surface area contributed by atoms with Crippen molar-refractivity contribution in [3.8, 4) is 33.5 Å². The molecular formula is C42H25N3O. The first-order chi connectivity index (χ1) is 22.8. The molecule has 0 saturated carbocycles. The highest BCUT2D eigenvalue weighted by Gasteiger charge is 2.29. The molecule has 10 rings (SSSR count). The Balaban J connectivity index is 1.19. The van der Waals surface area contributed by atoms with E-state index in [1.165, 1.54) is 5.56 Å². The smallest absolute Gasteiger partial charge is 0.148 e. The number of aromatic nitrogens is 2. The van der Waals surface area contributed by atoms with Crippen molar-refractivity contribution in [3.63, 3.8) is 0 Å². The Hall–Kier alpha value is -6.26. The summed E-state index contributed by atoms with van der Waals surface area (Å²) < 4.78 is 6.37. The molecule has 46 heavy (non-hydrogen) atoms. The maximum absolute atomic E-state index is 6.37. The molecule has 0 bridgehead atoms. The van der Waals surface area contributed by atoms with Crippen molar-refractivity contribution in [1.82, 2.24) is 9.97 Å². The summed E-state index contributed by atoms with van der Waals surface area (Å²) in [6.45, 7) is 0. The number of benzene rings is 6. The molecule has 0 aliphatic carbocycles. The van der Waals surface area contributed by atoms with Crippen molar-refractivity contribution in [2.45, 2.75) is 0 Å². The Morgan fingerprint density at radius 1 is 0.522 bits per heavy atom. The summed E-state index contributed by atoms with van der Waals surface area (Å²) in [5, 5.41) is 5.61. The summed E-state index contributed by atoms with van der Waals surface area (Å²) in [4.78, 5) is 12.6. The zero-order valence-corrected chi connectivity index (χ0v) is 24.7. The number of hydrogen-bond acceptors (Lipinski definition) is 4. The number of furan rings is 1. The minimum Gasteiger partial charge on any atom is -0.455 e. The van der Waals surface area contributed by atoms with Gasteiger partial charge in [0.2, 0.25) is 0 Å². The molecular weight excluding hydrogens is 562 g/mol. The third kappa shape index (κ3) is 3.61. The van der Waals surface area contributed by atoms with Crippen LogP contribution in [0, 0.1) is 0 Å². The van der Waals surface area contributed by atoms with Crippen LogP contribution < -0.4 is 4.90 Å². The van der Waals surface area contributed by atoms with Crippen LogP contribution in [-0.4, -0.2) is 9.97 Å². The van der Waals surface area contributed by atoms with E-state index in [4.69, 9.17) is 14.4 Å². The third-order valence-electron chi connectivity index (χ3n) is 9.25. The second kappa shape index (κ2) is 9.62. The van der Waals surface area contributed by atoms with E-state index in [1.807, 2.05) is 18.3 Å². The van der Waals surface area contributed by atoms with Crippen molar-refractivity contribution in [3.05, 3.63) is 152 Å². The predicted molar refractivity (Wildman–Crippen MR) is 189 cm³/mol. The van der Waals surface area contributed by atoms with Crippen molar-refractivity contribution < 1.29 is 4.42 Å². The van der Waals surface area contributed by atoms with E-state index in [0.29, 0.717) is 0 Å². The molecule has 0 spiro atoms. The predicted octanol–water partition coefficient (Wildman–Crippen LogP) is 11.5. The van der Waals surface area contributed by atoms with Gasteiger partial charge in [0.1, 0.15) is 17.0 Å². The maximum atomic E-state index is 6.37. The minimum atomic E-state index is 0.892. The van der Waals surface area contributed by atoms with Gasteiger partial charge in [0.05, 0.1) is 22.3 Å². The van der Waals surface area contributed by atoms with Gasteiger partial charge in [-0.3, -0.25) is 9.88 Å². The maximum Gasteiger partial charge on any atom is 0.148 e. The van der Waals surface area contributed by atoms with Gasteiger partial charge in [-0.2, -0.15) is 0 Å². The lowest BCUT2D eigenvalue weighted by Crippen LogP contribution is -2.17. The number of rotatable bonds is 3. The third-order valence-corrected chi connectivity index (χ3v) is 9.25. The van der Waals surface area contributed by atoms with Crippen molar-refractivity contribution >= 4 is 60.8 Å². The second-order valence-corrected chi connectivity index (χ2v) is 11.8. The van der Waals surface area contributed by atoms with E-state index >= 15 is 0 Å². The Morgan fingerprint density at radius 2 is 1.28 bits per heavy atom. The second-order valence-electron chi connectivity index (χ2n) is 11.8. The molecule has 0 atom stereocenters. The number of hydrogen-bond donors (Lipinski definition) is 0. The molecule has 1 aliphatic rings. The first-order valence-electron chi connectivity index (χ1n) is 15.5. The fourth-order valence-corrected chi connectivity index (χ4v) is 7.12. The van der Waals surface area contributed by atoms with Crippen molar-refractivity contribution in [2.75, 3.05) is 4.90 Å². The van der Waals surface area contributed by atoms with Crippen LogP contribution in [0.3, 0.4) is 0 Å². The van der Waals surface area contributed by atoms with Crippen LogP contribution in [0.4, 0.5) is 17.2 Å². The Labute approximate surface area is 264 Å². The fraction of sp³-hybridized carbons (Fsp3) is 0. The van der Waals surface area contributed by atoms with Crippen molar-refractivity contribution in [1.29, 1.82) is 0 Å². The normalized spacial score (nSPS) is 12.3. The summed E-state index contributed by atoms with van der Waals surface area (Å²) >= 11 is 0. The first-order valence-corrected chi connectivity index (χ1v) is 15.5. The fourth-order valence-electron chi connectivity index (χ4n) is 7.12. The summed E-state index contributed by atoms with van der Waals surface area (Å²) in [7, 11) is 0. The molecule has 0 fully saturated rings. The van der Waals surface area contributed by atoms with Crippen LogP contribution in [-0.2, 0) is 0 Å². The lowest BCUT2D eigenvalue weighted by Gasteiger charge is -2.32. The Bertz CT molecular complexity index is 2640. The van der Waals surface area contributed by atoms with Gasteiger partial charge in [0, 0.05) is 39.2 Å². The summed E-state index contributed by atoms with van der Waals surface area (Å²) in [5.74, 6) is 0.892. The molecule has 6 aromatic carbocycles. The van der Waals surface area contributed by atoms with Crippen LogP contribution in [0.5, 0.6) is 0 Å². The molecule has 1 aliphatic heterocycles. The molecule has 4 nitrogen and oxygen atoms in total. The van der Waals surface area contributed by atoms with Crippen LogP contribution in [0.25, 0.3) is 77.1 Å². The molecule has 0 amide bonds. The molecule has 0 N–H and O–H groups in total. The molecule has 0 radical (unpaired) electrons. The van der Waals surface area contributed by atoms with Gasteiger partial charge in [-0.15, -0.1) is 0 Å². The number of para-hydroxylation sites is 3. The molecule has 4 heteroatoms. The van der Waals surface area contributed by atoms with Crippen LogP contribution in [0.15, 0.2) is 156 Å². The Morgan fingerprint density at radius 3 is 2.17 bits per heavy atom. The standard InChI is InChI=1S/C42H25N3O/c1-2-9-26(10-3-1)28-19-22-37-35(25-28)40-39-33(23-24-43-40)31-11-4-6-15-36(31)44-42(39)45(37)29-20-17-27(18-21-29)30-13-8-14-34-32-12-5-7-16-38(32)46-41(30)34/h1-25H. The summed E-state index contributed by atoms with van der Waals surface area (Å²) in [5.41, 5.74) is 11.4. The highest BCUT2D eigenvalue weighted by Crippen LogP contribution is 2.51. The largest absolute Gasteiger partial charge is 0.455 e. The number of pyridine rings is 2. The highest BCUT2D eigenvalue weighted by atomic mass is 16.3. The van der Waals surface area contributed by atoms with Crippen LogP contribution >= 0.6 is 0 Å². The summed E-state index contributed by atoms with van der Waals surface area (Å²) in [6.07, 6.45) is 1.93. The van der Waals surface area contributed by atoms with Gasteiger partial charge in [-0.25, -0.2) is 4.98 Å². The molecule has 4 heterocycles. The van der Waals surface area contributed by atoms with Gasteiger partial charge in [0.25, 0.3) is 0 Å². The van der Waals surface area contributed by atoms with E-state index in [1.54, 1.807) is 0 Å². The first kappa shape index (κ1) is 25.1. The molecule has 3 aromatic heterocycles. The quantitative estimate of drug-likeness (QED) is 0.193. The van der Waals surface area contributed by atoms with Crippen LogP contribution in [0.1, 0.15) is 0 Å². The topological polar surface area (TPSA) is 42.2 Å². The van der Waals surface area contributed by atoms with Crippen LogP contribution in [0.2, 0.25) is 0 Å². The van der Waals surface area contributed by atoms with E-state index in [9.17, 15) is 0 Å². The van der Waals surface area contributed by atoms with Gasteiger partial charge >= 0.3 is 0 Å². The zero-order chi connectivity index (χ0) is 30.2. The number of fused-ring (bicyclic) bond motifs is 7. The molecule has 214 valence electrons. The van der Waals surface area contributed by atoms with E-state index in [0.717, 1.165) is 88.8 Å². The zero-order valence-electron chi connectivity index (χ0n) is 24.7. The number of anilines is 3. The van der Waals surface area contributed by atoms with E-state index in [-0.39, 0.29) is 0 Å². The monoisotopic (exact) mass is 587 g/mol. The van der Waals surface area contributed by atoms with E-state index in [2.05, 4.69) is 138 Å². The molecule has 0 unspecified atom stereocenters. The van der Waals surface area contributed by atoms with Crippen molar-refractivity contribution in [2.24, 2.45) is 0 Å². The van der Waals surface area contributed by atoms with Gasteiger partial charge in [-0.1, -0.05) is 103 Å². The average Bonchev–Trinajstić information content (AvgIpc) is 3.51. The molecule has 0 saturated heterocycles. The lowest BCUT2D eigenvalue weighted by atomic mass is 9.92. The van der Waals surface area contributed by atoms with E-state index < -0.39 is 0 Å². The lowest BCUT2D eigenvalue weighted by molar-refractivity contribution is 0.670. The minimum absolute atomic E-state index is 0.892. The number of nitrogens with zero attached hydrogens (tertiary/aromatic N) is 3. The summed E-state index contributed by atoms with van der Waals surface area (Å²) in [6, 6.07) is 51.1. The van der Waals surface area contributed by atoms with Gasteiger partial charge in [0.15, 0.2) is 0 Å². The average molecular weight is 588 g/mol.